The second kappa shape index (κ2) is 12.1. The van der Waals surface area contributed by atoms with Gasteiger partial charge in [0, 0.05) is 34.8 Å². The summed E-state index contributed by atoms with van der Waals surface area (Å²) in [5.41, 5.74) is 1.13. The number of ether oxygens (including phenoxy) is 2. The van der Waals surface area contributed by atoms with Gasteiger partial charge in [0.2, 0.25) is 0 Å². The monoisotopic (exact) mass is 682 g/mol. The minimum Gasteiger partial charge on any atom is -0.497 e. The normalized spacial score (nSPS) is 15.0. The van der Waals surface area contributed by atoms with Gasteiger partial charge in [-0.15, -0.1) is 0 Å². The summed E-state index contributed by atoms with van der Waals surface area (Å²) in [7, 11) is 1.44. The van der Waals surface area contributed by atoms with E-state index in [-0.39, 0.29) is 42.9 Å². The van der Waals surface area contributed by atoms with Crippen LogP contribution in [0.3, 0.4) is 0 Å². The first kappa shape index (κ1) is 30.0. The van der Waals surface area contributed by atoms with Gasteiger partial charge in [-0.1, -0.05) is 17.7 Å². The average Bonchev–Trinajstić information content (AvgIpc) is 3.79. The quantitative estimate of drug-likeness (QED) is 0.250. The van der Waals surface area contributed by atoms with Crippen molar-refractivity contribution in [2.24, 2.45) is 0 Å². The zero-order valence-electron chi connectivity index (χ0n) is 24.0. The summed E-state index contributed by atoms with van der Waals surface area (Å²) in [6.45, 7) is 2.10. The van der Waals surface area contributed by atoms with Crippen molar-refractivity contribution in [2.45, 2.75) is 45.0 Å². The highest BCUT2D eigenvalue weighted by atomic mass is 79.9. The third-order valence-electron chi connectivity index (χ3n) is 7.79. The van der Waals surface area contributed by atoms with Crippen LogP contribution in [0.5, 0.6) is 11.5 Å². The van der Waals surface area contributed by atoms with Crippen LogP contribution in [0.15, 0.2) is 69.9 Å². The van der Waals surface area contributed by atoms with Crippen molar-refractivity contribution >= 4 is 39.3 Å². The second-order valence-corrected chi connectivity index (χ2v) is 12.1. The number of carbonyl (C=O) groups excluding carboxylic acids is 2. The van der Waals surface area contributed by atoms with Crippen molar-refractivity contribution in [1.82, 2.24) is 19.4 Å². The minimum absolute atomic E-state index is 0.00562. The van der Waals surface area contributed by atoms with Crippen molar-refractivity contribution < 1.29 is 23.5 Å². The Kier molecular flexibility index (Phi) is 8.26. The highest BCUT2D eigenvalue weighted by Crippen LogP contribution is 2.29. The summed E-state index contributed by atoms with van der Waals surface area (Å²) in [5.74, 6) is -0.381. The Balaban J connectivity index is 1.37. The lowest BCUT2D eigenvalue weighted by Gasteiger charge is -2.28. The van der Waals surface area contributed by atoms with Gasteiger partial charge in [0.15, 0.2) is 0 Å². The summed E-state index contributed by atoms with van der Waals surface area (Å²) in [4.78, 5) is 42.9. The molecule has 4 aromatic rings. The maximum atomic E-state index is 14.9. The van der Waals surface area contributed by atoms with E-state index in [2.05, 4.69) is 21.2 Å². The first-order chi connectivity index (χ1) is 21.1. The lowest BCUT2D eigenvalue weighted by atomic mass is 10.1. The number of imidazole rings is 1. The van der Waals surface area contributed by atoms with Crippen LogP contribution in [-0.4, -0.2) is 45.6 Å². The molecule has 1 fully saturated rings. The van der Waals surface area contributed by atoms with Crippen LogP contribution < -0.4 is 20.5 Å². The minimum atomic E-state index is -0.743. The molecular formula is C32H29BrClFN4O5. The number of fused-ring (bicyclic) bond motifs is 1. The number of methoxy groups -OCH3 is 1. The number of carbonyl (C=O) groups is 2. The summed E-state index contributed by atoms with van der Waals surface area (Å²) in [6.07, 6.45) is 2.22. The fourth-order valence-corrected chi connectivity index (χ4v) is 5.73. The van der Waals surface area contributed by atoms with E-state index in [1.807, 2.05) is 0 Å². The predicted octanol–water partition coefficient (Wildman–Crippen LogP) is 5.89. The van der Waals surface area contributed by atoms with E-state index in [0.29, 0.717) is 37.9 Å². The molecule has 1 atom stereocenters. The Hall–Kier alpha value is -4.09. The Bertz CT molecular complexity index is 1820. The van der Waals surface area contributed by atoms with Crippen LogP contribution in [0.2, 0.25) is 5.02 Å². The SMILES string of the molecule is COc1ccc(C(C)NC(=O)c2c3n(c(=O)n2-c2ccc(OC4CC4)cc2)CCN(C(=O)c2ccc(Br)c(Cl)c2)C3)c(F)c1. The molecule has 228 valence electrons. The van der Waals surface area contributed by atoms with Crippen LogP contribution in [0.4, 0.5) is 4.39 Å². The van der Waals surface area contributed by atoms with E-state index >= 15 is 0 Å². The number of halogens is 3. The molecule has 3 aromatic carbocycles. The van der Waals surface area contributed by atoms with Gasteiger partial charge in [-0.25, -0.2) is 9.18 Å². The molecule has 0 radical (unpaired) electrons. The standard InChI is InChI=1S/C32H29BrClFN4O5/c1-18(24-11-10-23(43-2)16-27(24)35)36-30(40)29-28-17-37(31(41)19-3-12-25(33)26(34)15-19)13-14-38(28)32(42)39(29)20-4-6-21(7-5-20)44-22-8-9-22/h3-7,10-12,15-16,18,22H,8-9,13-14,17H2,1-2H3,(H,36,40). The molecule has 1 aromatic heterocycles. The van der Waals surface area contributed by atoms with E-state index in [1.54, 1.807) is 66.4 Å². The summed E-state index contributed by atoms with van der Waals surface area (Å²) in [6, 6.07) is 15.6. The van der Waals surface area contributed by atoms with Crippen LogP contribution in [0.1, 0.15) is 57.9 Å². The maximum Gasteiger partial charge on any atom is 0.333 e. The Labute approximate surface area is 266 Å². The first-order valence-corrected chi connectivity index (χ1v) is 15.3. The zero-order chi connectivity index (χ0) is 31.1. The maximum absolute atomic E-state index is 14.9. The number of benzene rings is 3. The Morgan fingerprint density at radius 2 is 1.77 bits per heavy atom. The van der Waals surface area contributed by atoms with Gasteiger partial charge in [0.1, 0.15) is 23.0 Å². The van der Waals surface area contributed by atoms with Crippen molar-refractivity contribution in [1.29, 1.82) is 0 Å². The molecule has 2 aliphatic rings. The molecular weight excluding hydrogens is 655 g/mol. The Morgan fingerprint density at radius 3 is 2.43 bits per heavy atom. The molecule has 1 saturated carbocycles. The smallest absolute Gasteiger partial charge is 0.333 e. The number of rotatable bonds is 8. The molecule has 12 heteroatoms. The average molecular weight is 684 g/mol. The summed E-state index contributed by atoms with van der Waals surface area (Å²) in [5, 5.41) is 3.25. The lowest BCUT2D eigenvalue weighted by Crippen LogP contribution is -2.41. The Morgan fingerprint density at radius 1 is 1.05 bits per heavy atom. The molecule has 1 aliphatic heterocycles. The predicted molar refractivity (Wildman–Crippen MR) is 166 cm³/mol. The molecule has 44 heavy (non-hydrogen) atoms. The molecule has 2 amide bonds. The number of hydrogen-bond donors (Lipinski definition) is 1. The summed E-state index contributed by atoms with van der Waals surface area (Å²) < 4.78 is 29.4. The molecule has 0 bridgehead atoms. The molecule has 2 heterocycles. The largest absolute Gasteiger partial charge is 0.497 e. The van der Waals surface area contributed by atoms with Crippen molar-refractivity contribution in [3.63, 3.8) is 0 Å². The summed E-state index contributed by atoms with van der Waals surface area (Å²) >= 11 is 9.59. The van der Waals surface area contributed by atoms with Crippen molar-refractivity contribution in [3.8, 4) is 17.2 Å². The van der Waals surface area contributed by atoms with Gasteiger partial charge in [-0.3, -0.25) is 18.7 Å². The number of nitrogens with zero attached hydrogens (tertiary/aromatic N) is 3. The van der Waals surface area contributed by atoms with Crippen molar-refractivity contribution in [2.75, 3.05) is 13.7 Å². The molecule has 0 saturated heterocycles. The number of hydrogen-bond acceptors (Lipinski definition) is 5. The second-order valence-electron chi connectivity index (χ2n) is 10.8. The lowest BCUT2D eigenvalue weighted by molar-refractivity contribution is 0.0706. The van der Waals surface area contributed by atoms with Crippen LogP contribution in [0.25, 0.3) is 5.69 Å². The topological polar surface area (TPSA) is 94.8 Å². The number of nitrogens with one attached hydrogen (secondary N) is 1. The van der Waals surface area contributed by atoms with Crippen LogP contribution >= 0.6 is 27.5 Å². The highest BCUT2D eigenvalue weighted by Gasteiger charge is 2.33. The molecule has 1 unspecified atom stereocenters. The number of aromatic nitrogens is 2. The molecule has 1 N–H and O–H groups in total. The van der Waals surface area contributed by atoms with E-state index in [4.69, 9.17) is 21.1 Å². The number of amides is 2. The van der Waals surface area contributed by atoms with Gasteiger partial charge < -0.3 is 19.7 Å². The van der Waals surface area contributed by atoms with Gasteiger partial charge in [0.05, 0.1) is 42.2 Å². The molecule has 6 rings (SSSR count). The van der Waals surface area contributed by atoms with Gasteiger partial charge >= 0.3 is 5.69 Å². The molecule has 9 nitrogen and oxygen atoms in total. The van der Waals surface area contributed by atoms with Gasteiger partial charge in [-0.2, -0.15) is 0 Å². The third-order valence-corrected chi connectivity index (χ3v) is 9.02. The van der Waals surface area contributed by atoms with E-state index in [0.717, 1.165) is 12.8 Å². The molecule has 1 aliphatic carbocycles. The zero-order valence-corrected chi connectivity index (χ0v) is 26.3. The van der Waals surface area contributed by atoms with E-state index in [9.17, 15) is 18.8 Å². The van der Waals surface area contributed by atoms with Crippen molar-refractivity contribution in [3.05, 3.63) is 109 Å². The highest BCUT2D eigenvalue weighted by molar-refractivity contribution is 9.10. The van der Waals surface area contributed by atoms with E-state index < -0.39 is 23.5 Å². The van der Waals surface area contributed by atoms with Gasteiger partial charge in [-0.05, 0) is 84.2 Å². The van der Waals surface area contributed by atoms with Crippen LogP contribution in [0, 0.1) is 5.82 Å². The van der Waals surface area contributed by atoms with Crippen LogP contribution in [-0.2, 0) is 13.1 Å². The molecule has 0 spiro atoms. The first-order valence-electron chi connectivity index (χ1n) is 14.1. The fraction of sp³-hybridized carbons (Fsp3) is 0.281. The van der Waals surface area contributed by atoms with Gasteiger partial charge in [0.25, 0.3) is 11.8 Å². The fourth-order valence-electron chi connectivity index (χ4n) is 5.30. The third kappa shape index (κ3) is 5.86. The van der Waals surface area contributed by atoms with E-state index in [1.165, 1.54) is 22.3 Å².